The largest absolute Gasteiger partial charge is 0.492 e. The van der Waals surface area contributed by atoms with Crippen LogP contribution in [0.5, 0.6) is 5.75 Å². The summed E-state index contributed by atoms with van der Waals surface area (Å²) in [5, 5.41) is 13.3. The number of pyridine rings is 1. The highest BCUT2D eigenvalue weighted by Crippen LogP contribution is 2.26. The summed E-state index contributed by atoms with van der Waals surface area (Å²) in [6.07, 6.45) is 1.49. The van der Waals surface area contributed by atoms with Gasteiger partial charge in [-0.15, -0.1) is 0 Å². The summed E-state index contributed by atoms with van der Waals surface area (Å²) in [6, 6.07) is 7.36. The summed E-state index contributed by atoms with van der Waals surface area (Å²) in [4.78, 5) is 25.1. The minimum atomic E-state index is -0.555. The van der Waals surface area contributed by atoms with Crippen LogP contribution in [-0.2, 0) is 22.7 Å². The molecule has 32 heavy (non-hydrogen) atoms. The summed E-state index contributed by atoms with van der Waals surface area (Å²) < 4.78 is 13.3. The van der Waals surface area contributed by atoms with Crippen LogP contribution in [0.15, 0.2) is 37.0 Å². The maximum absolute atomic E-state index is 12.7. The van der Waals surface area contributed by atoms with Crippen molar-refractivity contribution in [2.45, 2.75) is 33.9 Å². The lowest BCUT2D eigenvalue weighted by molar-refractivity contribution is -0.121. The van der Waals surface area contributed by atoms with Gasteiger partial charge in [-0.05, 0) is 68.5 Å². The van der Waals surface area contributed by atoms with Crippen molar-refractivity contribution < 1.29 is 14.3 Å². The molecule has 0 saturated carbocycles. The van der Waals surface area contributed by atoms with Crippen LogP contribution in [0, 0.1) is 24.2 Å². The molecule has 10 heteroatoms. The fraction of sp³-hybridized carbons (Fsp3) is 0.364. The van der Waals surface area contributed by atoms with Gasteiger partial charge in [0.1, 0.15) is 23.9 Å². The van der Waals surface area contributed by atoms with Crippen molar-refractivity contribution in [1.29, 1.82) is 5.26 Å². The van der Waals surface area contributed by atoms with Crippen LogP contribution in [-0.4, -0.2) is 30.4 Å². The van der Waals surface area contributed by atoms with Crippen molar-refractivity contribution >= 4 is 44.0 Å². The van der Waals surface area contributed by atoms with Gasteiger partial charge < -0.3 is 14.0 Å². The first kappa shape index (κ1) is 25.8. The predicted molar refractivity (Wildman–Crippen MR) is 129 cm³/mol. The van der Waals surface area contributed by atoms with Gasteiger partial charge in [-0.25, -0.2) is 5.43 Å². The molecule has 1 N–H and O–H groups in total. The standard InChI is InChI=1S/C22H24Br2N4O4/c1-13(2)11-32-19-6-5-15(7-18(19)23)9-26-27-20(29)10-28-14(3)21(24)17(12-31-4)16(8-25)22(28)30/h5-7,9,13H,10-12H2,1-4H3,(H,27,29)/b26-9+. The Hall–Kier alpha value is -2.48. The molecule has 1 aromatic carbocycles. The minimum Gasteiger partial charge on any atom is -0.492 e. The second-order valence-corrected chi connectivity index (χ2v) is 9.02. The van der Waals surface area contributed by atoms with Crippen molar-refractivity contribution in [3.8, 4) is 11.8 Å². The van der Waals surface area contributed by atoms with Crippen LogP contribution in [0.1, 0.15) is 36.2 Å². The third-order valence-corrected chi connectivity index (χ3v) is 6.05. The highest BCUT2D eigenvalue weighted by molar-refractivity contribution is 9.10. The Morgan fingerprint density at radius 3 is 2.69 bits per heavy atom. The number of aromatic nitrogens is 1. The molecule has 2 aromatic rings. The molecule has 2 rings (SSSR count). The second kappa shape index (κ2) is 11.9. The summed E-state index contributed by atoms with van der Waals surface area (Å²) >= 11 is 6.86. The van der Waals surface area contributed by atoms with Gasteiger partial charge in [-0.3, -0.25) is 9.59 Å². The van der Waals surface area contributed by atoms with Crippen molar-refractivity contribution in [3.63, 3.8) is 0 Å². The number of nitriles is 1. The number of hydrazone groups is 1. The molecule has 0 saturated heterocycles. The van der Waals surface area contributed by atoms with E-state index in [1.807, 2.05) is 24.3 Å². The van der Waals surface area contributed by atoms with Gasteiger partial charge in [0.2, 0.25) is 0 Å². The van der Waals surface area contributed by atoms with E-state index in [-0.39, 0.29) is 18.7 Å². The lowest BCUT2D eigenvalue weighted by atomic mass is 10.1. The van der Waals surface area contributed by atoms with E-state index < -0.39 is 11.5 Å². The van der Waals surface area contributed by atoms with Gasteiger partial charge in [0, 0.05) is 22.8 Å². The number of nitrogens with zero attached hydrogens (tertiary/aromatic N) is 3. The van der Waals surface area contributed by atoms with E-state index in [0.717, 1.165) is 15.8 Å². The highest BCUT2D eigenvalue weighted by atomic mass is 79.9. The van der Waals surface area contributed by atoms with E-state index in [1.54, 1.807) is 6.92 Å². The van der Waals surface area contributed by atoms with Crippen LogP contribution >= 0.6 is 31.9 Å². The third kappa shape index (κ3) is 6.51. The number of hydrogen-bond donors (Lipinski definition) is 1. The molecule has 0 bridgehead atoms. The number of benzene rings is 1. The molecule has 1 aromatic heterocycles. The number of carbonyl (C=O) groups is 1. The fourth-order valence-electron chi connectivity index (χ4n) is 2.78. The third-order valence-electron chi connectivity index (χ3n) is 4.38. The monoisotopic (exact) mass is 566 g/mol. The smallest absolute Gasteiger partial charge is 0.269 e. The van der Waals surface area contributed by atoms with Crippen LogP contribution in [0.2, 0.25) is 0 Å². The van der Waals surface area contributed by atoms with Crippen molar-refractivity contribution in [2.24, 2.45) is 11.0 Å². The fourth-order valence-corrected chi connectivity index (χ4v) is 3.81. The lowest BCUT2D eigenvalue weighted by Gasteiger charge is -2.15. The van der Waals surface area contributed by atoms with Gasteiger partial charge in [-0.2, -0.15) is 10.4 Å². The molecule has 170 valence electrons. The quantitative estimate of drug-likeness (QED) is 0.365. The molecule has 1 amide bonds. The number of hydrogen-bond acceptors (Lipinski definition) is 6. The first-order valence-electron chi connectivity index (χ1n) is 9.74. The Bertz CT molecular complexity index is 1120. The zero-order valence-corrected chi connectivity index (χ0v) is 21.4. The van der Waals surface area contributed by atoms with E-state index in [9.17, 15) is 14.9 Å². The van der Waals surface area contributed by atoms with E-state index in [0.29, 0.717) is 28.3 Å². The average Bonchev–Trinajstić information content (AvgIpc) is 2.74. The molecule has 0 spiro atoms. The number of halogens is 2. The summed E-state index contributed by atoms with van der Waals surface area (Å²) in [7, 11) is 1.48. The Labute approximate surface area is 203 Å². The first-order chi connectivity index (χ1) is 15.2. The Morgan fingerprint density at radius 1 is 1.38 bits per heavy atom. The first-order valence-corrected chi connectivity index (χ1v) is 11.3. The molecular weight excluding hydrogens is 544 g/mol. The topological polar surface area (TPSA) is 106 Å². The maximum Gasteiger partial charge on any atom is 0.269 e. The van der Waals surface area contributed by atoms with Gasteiger partial charge >= 0.3 is 0 Å². The number of carbonyl (C=O) groups excluding carboxylic acids is 1. The highest BCUT2D eigenvalue weighted by Gasteiger charge is 2.19. The molecule has 0 atom stereocenters. The maximum atomic E-state index is 12.7. The molecule has 0 radical (unpaired) electrons. The number of rotatable bonds is 9. The zero-order chi connectivity index (χ0) is 23.8. The summed E-state index contributed by atoms with van der Waals surface area (Å²) in [6.45, 7) is 6.25. The molecular formula is C22H24Br2N4O4. The van der Waals surface area contributed by atoms with Crippen LogP contribution in [0.4, 0.5) is 0 Å². The average molecular weight is 568 g/mol. The van der Waals surface area contributed by atoms with E-state index >= 15 is 0 Å². The molecule has 1 heterocycles. The van der Waals surface area contributed by atoms with Crippen molar-refractivity contribution in [2.75, 3.05) is 13.7 Å². The minimum absolute atomic E-state index is 0.0646. The van der Waals surface area contributed by atoms with Gasteiger partial charge in [-0.1, -0.05) is 13.8 Å². The Kier molecular flexibility index (Phi) is 9.62. The number of methoxy groups -OCH3 is 1. The Morgan fingerprint density at radius 2 is 2.09 bits per heavy atom. The number of nitrogens with one attached hydrogen (secondary N) is 1. The molecule has 0 aliphatic heterocycles. The Balaban J connectivity index is 2.11. The molecule has 0 fully saturated rings. The summed E-state index contributed by atoms with van der Waals surface area (Å²) in [5.41, 5.74) is 3.51. The molecule has 8 nitrogen and oxygen atoms in total. The SMILES string of the molecule is COCc1c(Br)c(C)n(CC(=O)N/N=C/c2ccc(OCC(C)C)c(Br)c2)c(=O)c1C#N. The van der Waals surface area contributed by atoms with E-state index in [1.165, 1.54) is 17.9 Å². The number of amides is 1. The lowest BCUT2D eigenvalue weighted by Crippen LogP contribution is -2.33. The predicted octanol–water partition coefficient (Wildman–Crippen LogP) is 3.88. The van der Waals surface area contributed by atoms with Crippen molar-refractivity contribution in [3.05, 3.63) is 59.9 Å². The van der Waals surface area contributed by atoms with E-state index in [2.05, 4.69) is 56.2 Å². The van der Waals surface area contributed by atoms with Gasteiger partial charge in [0.25, 0.3) is 11.5 Å². The second-order valence-electron chi connectivity index (χ2n) is 7.38. The molecule has 0 aliphatic carbocycles. The van der Waals surface area contributed by atoms with Gasteiger partial charge in [0.05, 0.1) is 23.9 Å². The molecule has 0 unspecified atom stereocenters. The molecule has 0 aliphatic rings. The number of ether oxygens (including phenoxy) is 2. The van der Waals surface area contributed by atoms with Gasteiger partial charge in [0.15, 0.2) is 0 Å². The zero-order valence-electron chi connectivity index (χ0n) is 18.2. The van der Waals surface area contributed by atoms with E-state index in [4.69, 9.17) is 9.47 Å². The normalized spacial score (nSPS) is 11.1. The van der Waals surface area contributed by atoms with Crippen LogP contribution in [0.25, 0.3) is 0 Å². The summed E-state index contributed by atoms with van der Waals surface area (Å²) in [5.74, 6) is 0.638. The van der Waals surface area contributed by atoms with Crippen LogP contribution < -0.4 is 15.7 Å². The van der Waals surface area contributed by atoms with Crippen molar-refractivity contribution in [1.82, 2.24) is 9.99 Å². The van der Waals surface area contributed by atoms with Crippen LogP contribution in [0.3, 0.4) is 0 Å².